The van der Waals surface area contributed by atoms with Crippen molar-refractivity contribution >= 4 is 21.8 Å². The fourth-order valence-electron chi connectivity index (χ4n) is 2.31. The Hall–Kier alpha value is -1.07. The molecule has 1 amide bonds. The number of amides is 1. The highest BCUT2D eigenvalue weighted by Gasteiger charge is 2.17. The fourth-order valence-corrected chi connectivity index (χ4v) is 2.80. The lowest BCUT2D eigenvalue weighted by Crippen LogP contribution is -2.35. The van der Waals surface area contributed by atoms with Gasteiger partial charge in [-0.15, -0.1) is 0 Å². The molecule has 1 aromatic carbocycles. The molecular formula is C17H24BrNO3. The molecule has 0 aliphatic carbocycles. The molecule has 5 heteroatoms. The third-order valence-corrected chi connectivity index (χ3v) is 4.33. The number of carbonyl (C=O) groups is 1. The summed E-state index contributed by atoms with van der Waals surface area (Å²) < 4.78 is 11.9. The molecule has 1 heterocycles. The summed E-state index contributed by atoms with van der Waals surface area (Å²) in [6.07, 6.45) is 2.24. The molecule has 122 valence electrons. The largest absolute Gasteiger partial charge is 0.483 e. The zero-order valence-corrected chi connectivity index (χ0v) is 15.0. The standard InChI is InChI=1S/C17H24BrNO3/c1-17(2,3)12-6-7-15(14(18)9-12)22-11-16(20)19-10-13-5-4-8-21-13/h6-7,9,13H,4-5,8,10-11H2,1-3H3,(H,19,20)/t13-/m0/s1. The number of benzene rings is 1. The Labute approximate surface area is 140 Å². The summed E-state index contributed by atoms with van der Waals surface area (Å²) in [5, 5.41) is 2.85. The van der Waals surface area contributed by atoms with Crippen molar-refractivity contribution in [1.82, 2.24) is 5.32 Å². The lowest BCUT2D eigenvalue weighted by Gasteiger charge is -2.20. The minimum absolute atomic E-state index is 0.0141. The second kappa shape index (κ2) is 7.47. The van der Waals surface area contributed by atoms with Gasteiger partial charge in [-0.2, -0.15) is 0 Å². The van der Waals surface area contributed by atoms with Crippen LogP contribution in [0.3, 0.4) is 0 Å². The van der Waals surface area contributed by atoms with E-state index in [-0.39, 0.29) is 24.0 Å². The van der Waals surface area contributed by atoms with Crippen molar-refractivity contribution < 1.29 is 14.3 Å². The highest BCUT2D eigenvalue weighted by Crippen LogP contribution is 2.31. The van der Waals surface area contributed by atoms with Crippen LogP contribution in [0.2, 0.25) is 0 Å². The number of hydrogen-bond acceptors (Lipinski definition) is 3. The minimum Gasteiger partial charge on any atom is -0.483 e. The number of carbonyl (C=O) groups excluding carboxylic acids is 1. The first-order chi connectivity index (χ1) is 10.4. The van der Waals surface area contributed by atoms with Gasteiger partial charge in [-0.05, 0) is 51.9 Å². The maximum absolute atomic E-state index is 11.8. The molecule has 1 aliphatic heterocycles. The van der Waals surface area contributed by atoms with Gasteiger partial charge in [0.05, 0.1) is 10.6 Å². The molecule has 1 N–H and O–H groups in total. The Morgan fingerprint density at radius 3 is 2.82 bits per heavy atom. The number of rotatable bonds is 5. The van der Waals surface area contributed by atoms with Gasteiger partial charge in [0, 0.05) is 13.2 Å². The van der Waals surface area contributed by atoms with E-state index in [2.05, 4.69) is 42.0 Å². The monoisotopic (exact) mass is 369 g/mol. The number of halogens is 1. The van der Waals surface area contributed by atoms with Crippen LogP contribution in [0.1, 0.15) is 39.2 Å². The van der Waals surface area contributed by atoms with Gasteiger partial charge < -0.3 is 14.8 Å². The second-order valence-electron chi connectivity index (χ2n) is 6.62. The zero-order chi connectivity index (χ0) is 16.2. The minimum atomic E-state index is -0.123. The molecule has 0 aromatic heterocycles. The van der Waals surface area contributed by atoms with Crippen LogP contribution < -0.4 is 10.1 Å². The highest BCUT2D eigenvalue weighted by molar-refractivity contribution is 9.10. The zero-order valence-electron chi connectivity index (χ0n) is 13.4. The van der Waals surface area contributed by atoms with E-state index in [1.54, 1.807) is 0 Å². The molecule has 2 rings (SSSR count). The number of hydrogen-bond donors (Lipinski definition) is 1. The molecular weight excluding hydrogens is 346 g/mol. The van der Waals surface area contributed by atoms with E-state index in [1.807, 2.05) is 18.2 Å². The molecule has 1 aromatic rings. The van der Waals surface area contributed by atoms with E-state index in [9.17, 15) is 4.79 Å². The van der Waals surface area contributed by atoms with Crippen LogP contribution in [0.15, 0.2) is 22.7 Å². The van der Waals surface area contributed by atoms with Gasteiger partial charge in [0.2, 0.25) is 0 Å². The van der Waals surface area contributed by atoms with Gasteiger partial charge in [-0.25, -0.2) is 0 Å². The lowest BCUT2D eigenvalue weighted by atomic mass is 9.87. The topological polar surface area (TPSA) is 47.6 Å². The predicted molar refractivity (Wildman–Crippen MR) is 90.3 cm³/mol. The quantitative estimate of drug-likeness (QED) is 0.864. The molecule has 0 saturated carbocycles. The van der Waals surface area contributed by atoms with E-state index in [0.717, 1.165) is 23.9 Å². The smallest absolute Gasteiger partial charge is 0.258 e. The van der Waals surface area contributed by atoms with Crippen LogP contribution in [0.4, 0.5) is 0 Å². The van der Waals surface area contributed by atoms with E-state index in [0.29, 0.717) is 12.3 Å². The predicted octanol–water partition coefficient (Wildman–Crippen LogP) is 3.42. The van der Waals surface area contributed by atoms with E-state index >= 15 is 0 Å². The molecule has 0 spiro atoms. The number of nitrogens with one attached hydrogen (secondary N) is 1. The highest BCUT2D eigenvalue weighted by atomic mass is 79.9. The Kier molecular flexibility index (Phi) is 5.87. The van der Waals surface area contributed by atoms with Crippen molar-refractivity contribution in [3.8, 4) is 5.75 Å². The summed E-state index contributed by atoms with van der Waals surface area (Å²) >= 11 is 3.51. The van der Waals surface area contributed by atoms with E-state index in [1.165, 1.54) is 5.56 Å². The van der Waals surface area contributed by atoms with Crippen molar-refractivity contribution in [2.24, 2.45) is 0 Å². The first-order valence-electron chi connectivity index (χ1n) is 7.67. The van der Waals surface area contributed by atoms with Crippen LogP contribution in [0.25, 0.3) is 0 Å². The molecule has 0 bridgehead atoms. The van der Waals surface area contributed by atoms with Crippen molar-refractivity contribution in [3.63, 3.8) is 0 Å². The first kappa shape index (κ1) is 17.3. The van der Waals surface area contributed by atoms with Gasteiger partial charge in [-0.1, -0.05) is 26.8 Å². The lowest BCUT2D eigenvalue weighted by molar-refractivity contribution is -0.123. The van der Waals surface area contributed by atoms with E-state index < -0.39 is 0 Å². The SMILES string of the molecule is CC(C)(C)c1ccc(OCC(=O)NC[C@@H]2CCCO2)c(Br)c1. The fraction of sp³-hybridized carbons (Fsp3) is 0.588. The summed E-state index contributed by atoms with van der Waals surface area (Å²) in [6, 6.07) is 5.97. The molecule has 1 aliphatic rings. The molecule has 22 heavy (non-hydrogen) atoms. The van der Waals surface area contributed by atoms with Gasteiger partial charge in [0.15, 0.2) is 6.61 Å². The third kappa shape index (κ3) is 4.99. The summed E-state index contributed by atoms with van der Waals surface area (Å²) in [5.41, 5.74) is 1.30. The summed E-state index contributed by atoms with van der Waals surface area (Å²) in [4.78, 5) is 11.8. The first-order valence-corrected chi connectivity index (χ1v) is 8.46. The van der Waals surface area contributed by atoms with Crippen LogP contribution in [-0.2, 0) is 14.9 Å². The molecule has 1 fully saturated rings. The summed E-state index contributed by atoms with van der Waals surface area (Å²) in [7, 11) is 0. The Bertz CT molecular complexity index is 519. The van der Waals surface area contributed by atoms with Crippen molar-refractivity contribution in [1.29, 1.82) is 0 Å². The van der Waals surface area contributed by atoms with Crippen molar-refractivity contribution in [3.05, 3.63) is 28.2 Å². The van der Waals surface area contributed by atoms with Crippen molar-refractivity contribution in [2.75, 3.05) is 19.8 Å². The van der Waals surface area contributed by atoms with Gasteiger partial charge in [0.1, 0.15) is 5.75 Å². The average Bonchev–Trinajstić information content (AvgIpc) is 2.96. The maximum atomic E-state index is 11.8. The van der Waals surface area contributed by atoms with Crippen LogP contribution in [0, 0.1) is 0 Å². The van der Waals surface area contributed by atoms with Crippen LogP contribution in [0.5, 0.6) is 5.75 Å². The normalized spacial score (nSPS) is 18.3. The molecule has 0 radical (unpaired) electrons. The maximum Gasteiger partial charge on any atom is 0.258 e. The third-order valence-electron chi connectivity index (χ3n) is 3.71. The molecule has 0 unspecified atom stereocenters. The van der Waals surface area contributed by atoms with Crippen LogP contribution in [-0.4, -0.2) is 31.8 Å². The molecule has 1 atom stereocenters. The summed E-state index contributed by atoms with van der Waals surface area (Å²) in [5.74, 6) is 0.558. The van der Waals surface area contributed by atoms with Crippen LogP contribution >= 0.6 is 15.9 Å². The van der Waals surface area contributed by atoms with Gasteiger partial charge in [0.25, 0.3) is 5.91 Å². The van der Waals surface area contributed by atoms with Gasteiger partial charge in [-0.3, -0.25) is 4.79 Å². The Morgan fingerprint density at radius 2 is 2.23 bits per heavy atom. The van der Waals surface area contributed by atoms with Crippen molar-refractivity contribution in [2.45, 2.75) is 45.1 Å². The Morgan fingerprint density at radius 1 is 1.45 bits per heavy atom. The Balaban J connectivity index is 1.82. The second-order valence-corrected chi connectivity index (χ2v) is 7.48. The average molecular weight is 370 g/mol. The summed E-state index contributed by atoms with van der Waals surface area (Å²) in [6.45, 7) is 7.85. The molecule has 4 nitrogen and oxygen atoms in total. The van der Waals surface area contributed by atoms with Gasteiger partial charge >= 0.3 is 0 Å². The van der Waals surface area contributed by atoms with E-state index in [4.69, 9.17) is 9.47 Å². The number of ether oxygens (including phenoxy) is 2. The molecule has 1 saturated heterocycles.